The smallest absolute Gasteiger partial charge is 0.279 e. The molecular weight excluding hydrogens is 257 g/mol. The van der Waals surface area contributed by atoms with Gasteiger partial charge in [0.05, 0.1) is 17.6 Å². The molecule has 0 saturated heterocycles. The Hall–Kier alpha value is -2.44. The molecule has 0 radical (unpaired) electrons. The van der Waals surface area contributed by atoms with Gasteiger partial charge in [0.1, 0.15) is 5.82 Å². The zero-order valence-electron chi connectivity index (χ0n) is 9.57. The Morgan fingerprint density at radius 3 is 2.84 bits per heavy atom. The molecule has 2 N–H and O–H groups in total. The highest BCUT2D eigenvalue weighted by Gasteiger charge is 2.07. The molecular formula is C12H9F3N4. The van der Waals surface area contributed by atoms with Gasteiger partial charge < -0.3 is 4.98 Å². The summed E-state index contributed by atoms with van der Waals surface area (Å²) in [5, 5.41) is 6.96. The maximum atomic E-state index is 12.9. The molecule has 2 rings (SSSR count). The Bertz CT molecular complexity index is 619. The number of aromatic nitrogens is 3. The predicted molar refractivity (Wildman–Crippen MR) is 64.5 cm³/mol. The zero-order valence-corrected chi connectivity index (χ0v) is 9.57. The van der Waals surface area contributed by atoms with E-state index in [0.29, 0.717) is 17.1 Å². The van der Waals surface area contributed by atoms with E-state index < -0.39 is 18.1 Å². The number of halogens is 3. The minimum atomic E-state index is -2.82. The second-order valence-corrected chi connectivity index (χ2v) is 3.64. The van der Waals surface area contributed by atoms with E-state index in [4.69, 9.17) is 5.41 Å². The third kappa shape index (κ3) is 3.27. The summed E-state index contributed by atoms with van der Waals surface area (Å²) < 4.78 is 37.1. The van der Waals surface area contributed by atoms with Gasteiger partial charge in [-0.3, -0.25) is 5.41 Å². The summed E-state index contributed by atoms with van der Waals surface area (Å²) in [5.41, 5.74) is 0.279. The summed E-state index contributed by atoms with van der Waals surface area (Å²) in [5.74, 6) is -0.318. The van der Waals surface area contributed by atoms with Crippen LogP contribution in [0.5, 0.6) is 0 Å². The first-order valence-electron chi connectivity index (χ1n) is 5.28. The molecule has 0 aromatic carbocycles. The molecule has 0 amide bonds. The molecule has 19 heavy (non-hydrogen) atoms. The highest BCUT2D eigenvalue weighted by Crippen LogP contribution is 2.17. The number of nitrogens with one attached hydrogen (secondary N) is 2. The standard InChI is InChI=1S/C12H9F3N4/c13-10-5-7(3-4-17-10)9-6-18-11(19-9)2-1-8(16)12(14)15/h1-6,12,16H,(H,18,19)/b2-1-,16-8?. The number of nitrogens with zero attached hydrogens (tertiary/aromatic N) is 2. The number of rotatable bonds is 4. The molecule has 0 bridgehead atoms. The van der Waals surface area contributed by atoms with Crippen LogP contribution in [0.15, 0.2) is 30.6 Å². The number of aromatic amines is 1. The van der Waals surface area contributed by atoms with Crippen LogP contribution in [-0.2, 0) is 0 Å². The van der Waals surface area contributed by atoms with Gasteiger partial charge in [0.15, 0.2) is 0 Å². The topological polar surface area (TPSA) is 65.4 Å². The summed E-state index contributed by atoms with van der Waals surface area (Å²) in [4.78, 5) is 10.2. The molecule has 0 atom stereocenters. The van der Waals surface area contributed by atoms with Gasteiger partial charge in [-0.2, -0.15) is 4.39 Å². The van der Waals surface area contributed by atoms with Gasteiger partial charge >= 0.3 is 0 Å². The molecule has 4 nitrogen and oxygen atoms in total. The molecule has 0 unspecified atom stereocenters. The molecule has 2 heterocycles. The first-order valence-corrected chi connectivity index (χ1v) is 5.28. The van der Waals surface area contributed by atoms with Gasteiger partial charge in [0, 0.05) is 17.8 Å². The number of hydrogen-bond acceptors (Lipinski definition) is 3. The Balaban J connectivity index is 2.18. The van der Waals surface area contributed by atoms with E-state index in [0.717, 1.165) is 6.08 Å². The number of H-pyrrole nitrogens is 1. The second-order valence-electron chi connectivity index (χ2n) is 3.64. The lowest BCUT2D eigenvalue weighted by atomic mass is 10.2. The highest BCUT2D eigenvalue weighted by atomic mass is 19.3. The van der Waals surface area contributed by atoms with Crippen LogP contribution < -0.4 is 0 Å². The van der Waals surface area contributed by atoms with Crippen LogP contribution in [0.4, 0.5) is 13.2 Å². The third-order valence-electron chi connectivity index (χ3n) is 2.29. The molecule has 2 aromatic heterocycles. The molecule has 98 valence electrons. The molecule has 7 heteroatoms. The Labute approximate surface area is 106 Å². The van der Waals surface area contributed by atoms with E-state index >= 15 is 0 Å². The SMILES string of the molecule is N=C(/C=C\c1ncc(-c2ccnc(F)c2)[nH]1)C(F)F. The molecule has 0 saturated carbocycles. The van der Waals surface area contributed by atoms with Gasteiger partial charge in [-0.05, 0) is 18.2 Å². The monoisotopic (exact) mass is 266 g/mol. The molecule has 0 fully saturated rings. The van der Waals surface area contributed by atoms with Crippen LogP contribution in [0.3, 0.4) is 0 Å². The number of hydrogen-bond donors (Lipinski definition) is 2. The molecule has 0 aliphatic carbocycles. The summed E-state index contributed by atoms with van der Waals surface area (Å²) in [7, 11) is 0. The van der Waals surface area contributed by atoms with Crippen LogP contribution in [0.1, 0.15) is 5.82 Å². The van der Waals surface area contributed by atoms with Crippen molar-refractivity contribution in [2.75, 3.05) is 0 Å². The summed E-state index contributed by atoms with van der Waals surface area (Å²) in [6, 6.07) is 2.81. The van der Waals surface area contributed by atoms with Crippen LogP contribution >= 0.6 is 0 Å². The van der Waals surface area contributed by atoms with E-state index in [1.807, 2.05) is 0 Å². The fourth-order valence-corrected chi connectivity index (χ4v) is 1.38. The van der Waals surface area contributed by atoms with Crippen molar-refractivity contribution in [3.63, 3.8) is 0 Å². The lowest BCUT2D eigenvalue weighted by Gasteiger charge is -1.96. The van der Waals surface area contributed by atoms with Gasteiger partial charge in [-0.25, -0.2) is 18.7 Å². The van der Waals surface area contributed by atoms with Gasteiger partial charge in [-0.15, -0.1) is 0 Å². The van der Waals surface area contributed by atoms with E-state index in [9.17, 15) is 13.2 Å². The third-order valence-corrected chi connectivity index (χ3v) is 2.29. The van der Waals surface area contributed by atoms with Gasteiger partial charge in [0.25, 0.3) is 6.43 Å². The average Bonchev–Trinajstić information content (AvgIpc) is 2.84. The van der Waals surface area contributed by atoms with Crippen LogP contribution in [0.2, 0.25) is 0 Å². The first-order chi connectivity index (χ1) is 9.06. The van der Waals surface area contributed by atoms with E-state index in [1.165, 1.54) is 24.5 Å². The minimum Gasteiger partial charge on any atom is -0.338 e. The van der Waals surface area contributed by atoms with Crippen molar-refractivity contribution in [1.82, 2.24) is 15.0 Å². The number of allylic oxidation sites excluding steroid dienone is 1. The van der Waals surface area contributed by atoms with Crippen molar-refractivity contribution < 1.29 is 13.2 Å². The van der Waals surface area contributed by atoms with Crippen molar-refractivity contribution in [3.8, 4) is 11.3 Å². The minimum absolute atomic E-state index is 0.303. The van der Waals surface area contributed by atoms with Crippen molar-refractivity contribution in [3.05, 3.63) is 42.4 Å². The normalized spacial score (nSPS) is 11.4. The number of pyridine rings is 1. The number of imidazole rings is 1. The molecule has 0 aliphatic heterocycles. The number of alkyl halides is 2. The maximum absolute atomic E-state index is 12.9. The van der Waals surface area contributed by atoms with Crippen molar-refractivity contribution >= 4 is 11.8 Å². The van der Waals surface area contributed by atoms with Gasteiger partial charge in [0.2, 0.25) is 5.95 Å². The van der Waals surface area contributed by atoms with E-state index in [-0.39, 0.29) is 0 Å². The molecule has 0 spiro atoms. The summed E-state index contributed by atoms with van der Waals surface area (Å²) in [6.07, 6.45) is 2.16. The Kier molecular flexibility index (Phi) is 3.74. The Morgan fingerprint density at radius 2 is 2.16 bits per heavy atom. The lowest BCUT2D eigenvalue weighted by Crippen LogP contribution is -2.03. The largest absolute Gasteiger partial charge is 0.338 e. The van der Waals surface area contributed by atoms with Crippen LogP contribution in [-0.4, -0.2) is 27.1 Å². The van der Waals surface area contributed by atoms with Crippen molar-refractivity contribution in [1.29, 1.82) is 5.41 Å². The first kappa shape index (κ1) is 13.0. The summed E-state index contributed by atoms with van der Waals surface area (Å²) in [6.45, 7) is 0. The van der Waals surface area contributed by atoms with E-state index in [1.54, 1.807) is 6.07 Å². The van der Waals surface area contributed by atoms with Crippen molar-refractivity contribution in [2.24, 2.45) is 0 Å². The Morgan fingerprint density at radius 1 is 1.37 bits per heavy atom. The maximum Gasteiger partial charge on any atom is 0.279 e. The van der Waals surface area contributed by atoms with Gasteiger partial charge in [-0.1, -0.05) is 0 Å². The average molecular weight is 266 g/mol. The quantitative estimate of drug-likeness (QED) is 0.660. The second kappa shape index (κ2) is 5.47. The zero-order chi connectivity index (χ0) is 13.8. The van der Waals surface area contributed by atoms with E-state index in [2.05, 4.69) is 15.0 Å². The molecule has 0 aliphatic rings. The predicted octanol–water partition coefficient (Wildman–Crippen LogP) is 2.91. The fraction of sp³-hybridized carbons (Fsp3) is 0.0833. The molecule has 2 aromatic rings. The van der Waals surface area contributed by atoms with Crippen molar-refractivity contribution in [2.45, 2.75) is 6.43 Å². The van der Waals surface area contributed by atoms with Crippen LogP contribution in [0, 0.1) is 11.4 Å². The van der Waals surface area contributed by atoms with Crippen LogP contribution in [0.25, 0.3) is 17.3 Å². The summed E-state index contributed by atoms with van der Waals surface area (Å²) >= 11 is 0. The highest BCUT2D eigenvalue weighted by molar-refractivity contribution is 5.97. The fourth-order valence-electron chi connectivity index (χ4n) is 1.38. The lowest BCUT2D eigenvalue weighted by molar-refractivity contribution is 0.226.